The maximum Gasteiger partial charge on any atom is 0.272 e. The van der Waals surface area contributed by atoms with Crippen molar-refractivity contribution in [1.82, 2.24) is 15.3 Å². The molecule has 2 amide bonds. The first kappa shape index (κ1) is 8.70. The molecule has 0 fully saturated rings. The fourth-order valence-electron chi connectivity index (χ4n) is 1.19. The van der Waals surface area contributed by atoms with Gasteiger partial charge >= 0.3 is 0 Å². The van der Waals surface area contributed by atoms with Crippen LogP contribution in [0.2, 0.25) is 0 Å². The number of hydrogen-bond acceptors (Lipinski definition) is 4. The topological polar surface area (TPSA) is 107 Å². The van der Waals surface area contributed by atoms with E-state index in [0.29, 0.717) is 0 Å². The monoisotopic (exact) mass is 196 g/mol. The first-order valence-electron chi connectivity index (χ1n) is 3.98. The molecule has 4 N–H and O–H groups in total. The van der Waals surface area contributed by atoms with Crippen LogP contribution < -0.4 is 10.6 Å². The Hall–Kier alpha value is -1.89. The lowest BCUT2D eigenvalue weighted by atomic mass is 10.3. The van der Waals surface area contributed by atoms with Gasteiger partial charge in [-0.1, -0.05) is 0 Å². The summed E-state index contributed by atoms with van der Waals surface area (Å²) < 4.78 is 0. The van der Waals surface area contributed by atoms with Gasteiger partial charge in [-0.25, -0.2) is 4.98 Å². The number of aliphatic hydroxyl groups is 1. The number of nitrogens with one attached hydrogen (secondary N) is 3. The van der Waals surface area contributed by atoms with Crippen LogP contribution in [0.4, 0.5) is 5.82 Å². The minimum atomic E-state index is -0.926. The lowest BCUT2D eigenvalue weighted by molar-refractivity contribution is -0.118. The van der Waals surface area contributed by atoms with Crippen molar-refractivity contribution in [2.45, 2.75) is 6.04 Å². The summed E-state index contributed by atoms with van der Waals surface area (Å²) in [6, 6.07) is -0.926. The van der Waals surface area contributed by atoms with Crippen molar-refractivity contribution in [2.24, 2.45) is 0 Å². The molecule has 1 atom stereocenters. The minimum absolute atomic E-state index is 0.184. The summed E-state index contributed by atoms with van der Waals surface area (Å²) in [7, 11) is 0. The van der Waals surface area contributed by atoms with Crippen molar-refractivity contribution in [1.29, 1.82) is 0 Å². The van der Waals surface area contributed by atoms with Gasteiger partial charge < -0.3 is 20.7 Å². The van der Waals surface area contributed by atoms with E-state index in [9.17, 15) is 9.59 Å². The van der Waals surface area contributed by atoms with E-state index >= 15 is 0 Å². The molecule has 0 spiro atoms. The predicted octanol–water partition coefficient (Wildman–Crippen LogP) is -1.55. The largest absolute Gasteiger partial charge is 0.394 e. The second-order valence-corrected chi connectivity index (χ2v) is 2.82. The summed E-state index contributed by atoms with van der Waals surface area (Å²) in [6.07, 6.45) is 1.31. The van der Waals surface area contributed by atoms with E-state index in [-0.39, 0.29) is 11.5 Å². The van der Waals surface area contributed by atoms with Gasteiger partial charge in [-0.15, -0.1) is 0 Å². The summed E-state index contributed by atoms with van der Waals surface area (Å²) in [4.78, 5) is 29.1. The molecule has 0 aromatic carbocycles. The number of aromatic nitrogens is 2. The minimum Gasteiger partial charge on any atom is -0.394 e. The molecular formula is C7H8N4O3. The summed E-state index contributed by atoms with van der Waals surface area (Å²) in [6.45, 7) is -0.443. The van der Waals surface area contributed by atoms with E-state index in [2.05, 4.69) is 20.6 Å². The molecule has 0 saturated heterocycles. The number of carbonyl (C=O) groups is 2. The number of imidazole rings is 1. The molecule has 0 saturated carbocycles. The molecule has 1 aliphatic heterocycles. The van der Waals surface area contributed by atoms with Crippen molar-refractivity contribution in [2.75, 3.05) is 11.9 Å². The van der Waals surface area contributed by atoms with Crippen LogP contribution in [0, 0.1) is 0 Å². The Labute approximate surface area is 78.5 Å². The zero-order chi connectivity index (χ0) is 10.1. The van der Waals surface area contributed by atoms with E-state index < -0.39 is 24.5 Å². The van der Waals surface area contributed by atoms with Gasteiger partial charge in [0.1, 0.15) is 11.7 Å². The third-order valence-corrected chi connectivity index (χ3v) is 1.91. The van der Waals surface area contributed by atoms with E-state index in [1.54, 1.807) is 0 Å². The highest BCUT2D eigenvalue weighted by Gasteiger charge is 2.28. The molecule has 0 aliphatic carbocycles. The number of nitrogens with zero attached hydrogens (tertiary/aromatic N) is 1. The highest BCUT2D eigenvalue weighted by atomic mass is 16.3. The van der Waals surface area contributed by atoms with Crippen LogP contribution in [0.15, 0.2) is 6.33 Å². The standard InChI is InChI=1S/C7H8N4O3/c12-1-3-6(13)11-5-4(7(14)10-3)8-2-9-5/h2-3,12H,1H2,(H,8,9)(H,10,14)(H,11,13). The Balaban J connectivity index is 2.36. The van der Waals surface area contributed by atoms with Crippen LogP contribution in [-0.2, 0) is 4.79 Å². The Morgan fingerprint density at radius 2 is 2.29 bits per heavy atom. The number of hydrogen-bond donors (Lipinski definition) is 4. The maximum atomic E-state index is 11.4. The third kappa shape index (κ3) is 1.23. The summed E-state index contributed by atoms with van der Waals surface area (Å²) >= 11 is 0. The van der Waals surface area contributed by atoms with Gasteiger partial charge in [-0.3, -0.25) is 9.59 Å². The summed E-state index contributed by atoms with van der Waals surface area (Å²) in [5.41, 5.74) is 0.189. The van der Waals surface area contributed by atoms with Crippen LogP contribution in [0.5, 0.6) is 0 Å². The second kappa shape index (κ2) is 3.11. The van der Waals surface area contributed by atoms with Gasteiger partial charge in [0, 0.05) is 0 Å². The molecule has 1 unspecified atom stereocenters. The molecule has 0 radical (unpaired) electrons. The van der Waals surface area contributed by atoms with E-state index in [0.717, 1.165) is 0 Å². The zero-order valence-electron chi connectivity index (χ0n) is 7.07. The zero-order valence-corrected chi connectivity index (χ0v) is 7.07. The normalized spacial score (nSPS) is 20.8. The van der Waals surface area contributed by atoms with Gasteiger partial charge in [-0.2, -0.15) is 0 Å². The Morgan fingerprint density at radius 3 is 3.00 bits per heavy atom. The first-order chi connectivity index (χ1) is 6.72. The summed E-state index contributed by atoms with van der Waals surface area (Å²) in [5, 5.41) is 13.6. The maximum absolute atomic E-state index is 11.4. The molecule has 7 nitrogen and oxygen atoms in total. The number of aliphatic hydroxyl groups excluding tert-OH is 1. The van der Waals surface area contributed by atoms with Gasteiger partial charge in [0.25, 0.3) is 11.8 Å². The number of fused-ring (bicyclic) bond motifs is 1. The molecule has 7 heteroatoms. The van der Waals surface area contributed by atoms with Crippen molar-refractivity contribution >= 4 is 17.6 Å². The van der Waals surface area contributed by atoms with Crippen LogP contribution in [0.1, 0.15) is 10.5 Å². The molecule has 14 heavy (non-hydrogen) atoms. The number of carbonyl (C=O) groups excluding carboxylic acids is 2. The molecule has 2 heterocycles. The molecular weight excluding hydrogens is 188 g/mol. The smallest absolute Gasteiger partial charge is 0.272 e. The number of H-pyrrole nitrogens is 1. The lowest BCUT2D eigenvalue weighted by Crippen LogP contribution is -2.43. The van der Waals surface area contributed by atoms with Gasteiger partial charge in [0.05, 0.1) is 12.9 Å². The van der Waals surface area contributed by atoms with Crippen molar-refractivity contribution < 1.29 is 14.7 Å². The van der Waals surface area contributed by atoms with E-state index in [4.69, 9.17) is 5.11 Å². The van der Waals surface area contributed by atoms with Gasteiger partial charge in [0.15, 0.2) is 5.82 Å². The predicted molar refractivity (Wildman–Crippen MR) is 45.6 cm³/mol. The lowest BCUT2D eigenvalue weighted by Gasteiger charge is -2.09. The van der Waals surface area contributed by atoms with Crippen molar-refractivity contribution in [3.05, 3.63) is 12.0 Å². The van der Waals surface area contributed by atoms with E-state index in [1.807, 2.05) is 0 Å². The fraction of sp³-hybridized carbons (Fsp3) is 0.286. The Kier molecular flexibility index (Phi) is 1.93. The van der Waals surface area contributed by atoms with E-state index in [1.165, 1.54) is 6.33 Å². The van der Waals surface area contributed by atoms with Crippen LogP contribution in [-0.4, -0.2) is 39.5 Å². The summed E-state index contributed by atoms with van der Waals surface area (Å²) in [5.74, 6) is -0.759. The second-order valence-electron chi connectivity index (χ2n) is 2.82. The molecule has 1 aliphatic rings. The van der Waals surface area contributed by atoms with Crippen LogP contribution >= 0.6 is 0 Å². The SMILES string of the molecule is O=C1NC(CO)C(=O)Nc2nc[nH]c21. The average molecular weight is 196 g/mol. The number of rotatable bonds is 1. The molecule has 0 bridgehead atoms. The fourth-order valence-corrected chi connectivity index (χ4v) is 1.19. The highest BCUT2D eigenvalue weighted by molar-refractivity contribution is 6.07. The van der Waals surface area contributed by atoms with Crippen LogP contribution in [0.3, 0.4) is 0 Å². The molecule has 1 aromatic rings. The van der Waals surface area contributed by atoms with Gasteiger partial charge in [0.2, 0.25) is 0 Å². The van der Waals surface area contributed by atoms with Crippen molar-refractivity contribution in [3.63, 3.8) is 0 Å². The molecule has 1 aromatic heterocycles. The third-order valence-electron chi connectivity index (χ3n) is 1.91. The average Bonchev–Trinajstić information content (AvgIpc) is 2.57. The number of aromatic amines is 1. The van der Waals surface area contributed by atoms with Crippen molar-refractivity contribution in [3.8, 4) is 0 Å². The Bertz CT molecular complexity index is 386. The molecule has 2 rings (SSSR count). The van der Waals surface area contributed by atoms with Crippen LogP contribution in [0.25, 0.3) is 0 Å². The number of amides is 2. The highest BCUT2D eigenvalue weighted by Crippen LogP contribution is 2.12. The quantitative estimate of drug-likeness (QED) is 0.436. The Morgan fingerprint density at radius 1 is 1.50 bits per heavy atom. The molecule has 74 valence electrons. The van der Waals surface area contributed by atoms with Gasteiger partial charge in [-0.05, 0) is 0 Å². The number of anilines is 1. The first-order valence-corrected chi connectivity index (χ1v) is 3.98.